The van der Waals surface area contributed by atoms with Crippen LogP contribution in [0.2, 0.25) is 0 Å². The van der Waals surface area contributed by atoms with Crippen LogP contribution in [-0.2, 0) is 15.9 Å². The van der Waals surface area contributed by atoms with Gasteiger partial charge in [0, 0.05) is 7.05 Å². The molecule has 1 heterocycles. The molecule has 0 aliphatic rings. The van der Waals surface area contributed by atoms with E-state index in [9.17, 15) is 8.42 Å². The van der Waals surface area contributed by atoms with Gasteiger partial charge in [0.05, 0.1) is 11.6 Å². The number of sulfonamides is 1. The van der Waals surface area contributed by atoms with E-state index in [0.717, 1.165) is 5.56 Å². The number of hydrogen-bond donors (Lipinski definition) is 0. The Labute approximate surface area is 117 Å². The van der Waals surface area contributed by atoms with Gasteiger partial charge in [-0.25, -0.2) is 0 Å². The van der Waals surface area contributed by atoms with Crippen LogP contribution >= 0.6 is 11.6 Å². The van der Waals surface area contributed by atoms with Gasteiger partial charge in [0.25, 0.3) is 10.0 Å². The smallest absolute Gasteiger partial charge is 0.297 e. The van der Waals surface area contributed by atoms with Crippen molar-refractivity contribution in [1.82, 2.24) is 0 Å². The monoisotopic (exact) mass is 299 g/mol. The second-order valence-electron chi connectivity index (χ2n) is 4.16. The van der Waals surface area contributed by atoms with Crippen molar-refractivity contribution in [2.45, 2.75) is 17.9 Å². The second kappa shape index (κ2) is 5.27. The molecule has 0 bridgehead atoms. The fourth-order valence-electron chi connectivity index (χ4n) is 1.60. The molecule has 0 saturated carbocycles. The molecule has 102 valence electrons. The minimum absolute atomic E-state index is 0.105. The van der Waals surface area contributed by atoms with Gasteiger partial charge < -0.3 is 4.42 Å². The minimum Gasteiger partial charge on any atom is -0.447 e. The molecule has 0 aliphatic carbocycles. The summed E-state index contributed by atoms with van der Waals surface area (Å²) in [6.07, 6.45) is 0. The maximum Gasteiger partial charge on any atom is 0.297 e. The van der Waals surface area contributed by atoms with Crippen LogP contribution in [0.4, 0.5) is 5.69 Å². The molecular weight excluding hydrogens is 286 g/mol. The molecule has 0 aliphatic heterocycles. The number of alkyl halides is 1. The van der Waals surface area contributed by atoms with Gasteiger partial charge in [0.15, 0.2) is 0 Å². The van der Waals surface area contributed by atoms with Gasteiger partial charge in [-0.1, -0.05) is 17.7 Å². The van der Waals surface area contributed by atoms with Crippen molar-refractivity contribution < 1.29 is 12.8 Å². The molecule has 6 heteroatoms. The maximum atomic E-state index is 12.3. The third kappa shape index (κ3) is 2.77. The number of anilines is 1. The highest BCUT2D eigenvalue weighted by atomic mass is 35.5. The highest BCUT2D eigenvalue weighted by Gasteiger charge is 2.24. The summed E-state index contributed by atoms with van der Waals surface area (Å²) in [4.78, 5) is 0. The molecule has 2 aromatic rings. The lowest BCUT2D eigenvalue weighted by atomic mass is 10.2. The molecular formula is C13H14ClNO3S. The van der Waals surface area contributed by atoms with Gasteiger partial charge >= 0.3 is 0 Å². The fraction of sp³-hybridized carbons (Fsp3) is 0.231. The quantitative estimate of drug-likeness (QED) is 0.815. The van der Waals surface area contributed by atoms with E-state index in [1.54, 1.807) is 18.2 Å². The molecule has 0 atom stereocenters. The highest BCUT2D eigenvalue weighted by Crippen LogP contribution is 2.24. The predicted octanol–water partition coefficient (Wildman–Crippen LogP) is 3.15. The van der Waals surface area contributed by atoms with E-state index < -0.39 is 10.0 Å². The first kappa shape index (κ1) is 14.0. The Kier molecular flexibility index (Phi) is 3.87. The third-order valence-corrected chi connectivity index (χ3v) is 4.70. The fourth-order valence-corrected chi connectivity index (χ4v) is 2.86. The van der Waals surface area contributed by atoms with Crippen molar-refractivity contribution in [3.63, 3.8) is 0 Å². The van der Waals surface area contributed by atoms with E-state index in [0.29, 0.717) is 11.4 Å². The lowest BCUT2D eigenvalue weighted by Crippen LogP contribution is -2.26. The van der Waals surface area contributed by atoms with Crippen molar-refractivity contribution in [2.75, 3.05) is 11.4 Å². The van der Waals surface area contributed by atoms with Gasteiger partial charge in [0.2, 0.25) is 5.09 Å². The lowest BCUT2D eigenvalue weighted by Gasteiger charge is -2.17. The Balaban J connectivity index is 2.36. The summed E-state index contributed by atoms with van der Waals surface area (Å²) in [5.41, 5.74) is 1.64. The van der Waals surface area contributed by atoms with Gasteiger partial charge in [0.1, 0.15) is 5.76 Å². The van der Waals surface area contributed by atoms with Gasteiger partial charge in [-0.3, -0.25) is 4.31 Å². The number of furan rings is 1. The summed E-state index contributed by atoms with van der Waals surface area (Å²) in [6, 6.07) is 10.2. The number of benzene rings is 1. The zero-order chi connectivity index (χ0) is 14.0. The Morgan fingerprint density at radius 1 is 1.16 bits per heavy atom. The van der Waals surface area contributed by atoms with Crippen LogP contribution in [0.5, 0.6) is 0 Å². The van der Waals surface area contributed by atoms with Gasteiger partial charge in [-0.2, -0.15) is 8.42 Å². The molecule has 0 saturated heterocycles. The van der Waals surface area contributed by atoms with Gasteiger partial charge in [-0.15, -0.1) is 11.6 Å². The van der Waals surface area contributed by atoms with E-state index in [1.165, 1.54) is 17.4 Å². The van der Waals surface area contributed by atoms with Gasteiger partial charge in [-0.05, 0) is 31.2 Å². The van der Waals surface area contributed by atoms with E-state index in [4.69, 9.17) is 16.0 Å². The molecule has 4 nitrogen and oxygen atoms in total. The summed E-state index contributed by atoms with van der Waals surface area (Å²) in [7, 11) is -2.20. The zero-order valence-corrected chi connectivity index (χ0v) is 12.2. The van der Waals surface area contributed by atoms with E-state index in [2.05, 4.69) is 0 Å². The number of hydrogen-bond acceptors (Lipinski definition) is 3. The zero-order valence-electron chi connectivity index (χ0n) is 10.6. The molecule has 2 rings (SSSR count). The van der Waals surface area contributed by atoms with Crippen LogP contribution in [-0.4, -0.2) is 15.5 Å². The first-order chi connectivity index (χ1) is 8.95. The molecule has 0 N–H and O–H groups in total. The molecule has 1 aromatic carbocycles. The van der Waals surface area contributed by atoms with E-state index >= 15 is 0 Å². The summed E-state index contributed by atoms with van der Waals surface area (Å²) in [5, 5.41) is -0.105. The van der Waals surface area contributed by atoms with Crippen molar-refractivity contribution in [3.05, 3.63) is 47.7 Å². The first-order valence-corrected chi connectivity index (χ1v) is 7.63. The number of aryl methyl sites for hydroxylation is 1. The molecule has 0 unspecified atom stereocenters. The SMILES string of the molecule is Cc1ccc(N(C)S(=O)(=O)c2ccc(CCl)o2)cc1. The summed E-state index contributed by atoms with van der Waals surface area (Å²) in [5.74, 6) is 0.571. The maximum absolute atomic E-state index is 12.3. The van der Waals surface area contributed by atoms with Crippen LogP contribution in [0.1, 0.15) is 11.3 Å². The minimum atomic E-state index is -3.69. The Morgan fingerprint density at radius 2 is 1.79 bits per heavy atom. The van der Waals surface area contributed by atoms with Crippen molar-refractivity contribution >= 4 is 27.3 Å². The number of halogens is 1. The first-order valence-electron chi connectivity index (χ1n) is 5.65. The van der Waals surface area contributed by atoms with E-state index in [-0.39, 0.29) is 11.0 Å². The number of nitrogens with zero attached hydrogens (tertiary/aromatic N) is 1. The molecule has 0 radical (unpaired) electrons. The highest BCUT2D eigenvalue weighted by molar-refractivity contribution is 7.92. The standard InChI is InChI=1S/C13H14ClNO3S/c1-10-3-5-11(6-4-10)15(2)19(16,17)13-8-7-12(9-14)18-13/h3-8H,9H2,1-2H3. The van der Waals surface area contributed by atoms with Crippen molar-refractivity contribution in [1.29, 1.82) is 0 Å². The van der Waals surface area contributed by atoms with E-state index in [1.807, 2.05) is 19.1 Å². The molecule has 1 aromatic heterocycles. The van der Waals surface area contributed by atoms with Crippen LogP contribution in [0.25, 0.3) is 0 Å². The second-order valence-corrected chi connectivity index (χ2v) is 6.33. The third-order valence-electron chi connectivity index (χ3n) is 2.78. The van der Waals surface area contributed by atoms with Crippen LogP contribution in [0.15, 0.2) is 45.9 Å². The van der Waals surface area contributed by atoms with Crippen LogP contribution in [0.3, 0.4) is 0 Å². The number of rotatable bonds is 4. The summed E-state index contributed by atoms with van der Waals surface area (Å²) >= 11 is 5.60. The molecule has 19 heavy (non-hydrogen) atoms. The predicted molar refractivity (Wildman–Crippen MR) is 75.0 cm³/mol. The molecule has 0 amide bonds. The largest absolute Gasteiger partial charge is 0.447 e. The average Bonchev–Trinajstić information content (AvgIpc) is 2.88. The van der Waals surface area contributed by atoms with Crippen molar-refractivity contribution in [2.24, 2.45) is 0 Å². The summed E-state index contributed by atoms with van der Waals surface area (Å²) in [6.45, 7) is 1.94. The average molecular weight is 300 g/mol. The lowest BCUT2D eigenvalue weighted by molar-refractivity contribution is 0.425. The normalized spacial score (nSPS) is 11.5. The molecule has 0 spiro atoms. The Morgan fingerprint density at radius 3 is 2.32 bits per heavy atom. The van der Waals surface area contributed by atoms with Crippen LogP contribution < -0.4 is 4.31 Å². The van der Waals surface area contributed by atoms with Crippen molar-refractivity contribution in [3.8, 4) is 0 Å². The Hall–Kier alpha value is -1.46. The molecule has 0 fully saturated rings. The summed E-state index contributed by atoms with van der Waals surface area (Å²) < 4.78 is 31.1. The topological polar surface area (TPSA) is 50.5 Å². The van der Waals surface area contributed by atoms with Crippen LogP contribution in [0, 0.1) is 6.92 Å². The Bertz CT molecular complexity index is 661.